The Labute approximate surface area is 113 Å². The van der Waals surface area contributed by atoms with Gasteiger partial charge in [0.2, 0.25) is 0 Å². The molecule has 0 aromatic heterocycles. The number of carboxylic acid groups (broad SMARTS) is 1. The number of aromatic carboxylic acids is 1. The molecule has 0 amide bonds. The second-order valence-electron chi connectivity index (χ2n) is 4.66. The van der Waals surface area contributed by atoms with Crippen LogP contribution in [0, 0.1) is 0 Å². The second-order valence-corrected chi connectivity index (χ2v) is 4.66. The largest absolute Gasteiger partial charge is 0.478 e. The van der Waals surface area contributed by atoms with Crippen LogP contribution in [0.25, 0.3) is 0 Å². The van der Waals surface area contributed by atoms with Gasteiger partial charge >= 0.3 is 5.97 Å². The number of hydrogen-bond acceptors (Lipinski definition) is 1. The fourth-order valence-corrected chi connectivity index (χ4v) is 2.24. The first-order valence-electron chi connectivity index (χ1n) is 6.62. The molecule has 2 aromatic rings. The van der Waals surface area contributed by atoms with Gasteiger partial charge in [-0.3, -0.25) is 0 Å². The lowest BCUT2D eigenvalue weighted by atomic mass is 10.00. The van der Waals surface area contributed by atoms with Crippen LogP contribution in [0.3, 0.4) is 0 Å². The van der Waals surface area contributed by atoms with Crippen molar-refractivity contribution in [2.24, 2.45) is 0 Å². The Kier molecular flexibility index (Phi) is 4.73. The highest BCUT2D eigenvalue weighted by Crippen LogP contribution is 2.13. The summed E-state index contributed by atoms with van der Waals surface area (Å²) in [5.41, 5.74) is 2.71. The van der Waals surface area contributed by atoms with Gasteiger partial charge in [-0.15, -0.1) is 0 Å². The Bertz CT molecular complexity index is 532. The van der Waals surface area contributed by atoms with Crippen molar-refractivity contribution in [3.63, 3.8) is 0 Å². The van der Waals surface area contributed by atoms with Crippen molar-refractivity contribution >= 4 is 5.97 Å². The monoisotopic (exact) mass is 254 g/mol. The van der Waals surface area contributed by atoms with Gasteiger partial charge in [0.25, 0.3) is 0 Å². The molecule has 2 aromatic carbocycles. The molecular weight excluding hydrogens is 236 g/mol. The average Bonchev–Trinajstić information content (AvgIpc) is 2.45. The fourth-order valence-electron chi connectivity index (χ4n) is 2.24. The average molecular weight is 254 g/mol. The summed E-state index contributed by atoms with van der Waals surface area (Å²) in [4.78, 5) is 11.1. The quantitative estimate of drug-likeness (QED) is 0.792. The Balaban J connectivity index is 1.85. The zero-order valence-corrected chi connectivity index (χ0v) is 10.9. The summed E-state index contributed by atoms with van der Waals surface area (Å²) < 4.78 is 0. The molecule has 98 valence electrons. The number of rotatable bonds is 6. The van der Waals surface area contributed by atoms with E-state index in [2.05, 4.69) is 24.3 Å². The molecule has 0 radical (unpaired) electrons. The molecule has 2 nitrogen and oxygen atoms in total. The lowest BCUT2D eigenvalue weighted by Gasteiger charge is -2.06. The highest BCUT2D eigenvalue weighted by atomic mass is 16.4. The summed E-state index contributed by atoms with van der Waals surface area (Å²) in [5, 5.41) is 9.10. The van der Waals surface area contributed by atoms with E-state index >= 15 is 0 Å². The lowest BCUT2D eigenvalue weighted by molar-refractivity contribution is 0.0695. The van der Waals surface area contributed by atoms with Crippen LogP contribution >= 0.6 is 0 Å². The molecule has 0 saturated carbocycles. The number of carbonyl (C=O) groups is 1. The standard InChI is InChI=1S/C17H18O2/c18-17(19)16-13-7-6-12-15(16)11-5-4-10-14-8-2-1-3-9-14/h1-3,6-9,12-13H,4-5,10-11H2,(H,18,19). The zero-order chi connectivity index (χ0) is 13.5. The van der Waals surface area contributed by atoms with E-state index in [9.17, 15) is 4.79 Å². The number of carboxylic acids is 1. The zero-order valence-electron chi connectivity index (χ0n) is 10.9. The van der Waals surface area contributed by atoms with Crippen LogP contribution in [0.15, 0.2) is 54.6 Å². The van der Waals surface area contributed by atoms with E-state index < -0.39 is 5.97 Å². The third-order valence-corrected chi connectivity index (χ3v) is 3.25. The van der Waals surface area contributed by atoms with E-state index in [-0.39, 0.29) is 0 Å². The van der Waals surface area contributed by atoms with Crippen molar-refractivity contribution in [3.05, 3.63) is 71.3 Å². The van der Waals surface area contributed by atoms with Gasteiger partial charge in [-0.25, -0.2) is 4.79 Å². The Hall–Kier alpha value is -2.09. The second kappa shape index (κ2) is 6.74. The van der Waals surface area contributed by atoms with Crippen LogP contribution in [0.1, 0.15) is 34.3 Å². The maximum atomic E-state index is 11.1. The SMILES string of the molecule is O=C(O)c1ccccc1CCCCc1ccccc1. The highest BCUT2D eigenvalue weighted by molar-refractivity contribution is 5.89. The molecule has 0 unspecified atom stereocenters. The molecule has 0 atom stereocenters. The van der Waals surface area contributed by atoms with Crippen molar-refractivity contribution in [2.45, 2.75) is 25.7 Å². The van der Waals surface area contributed by atoms with Gasteiger partial charge in [0.1, 0.15) is 0 Å². The van der Waals surface area contributed by atoms with Crippen LogP contribution in [-0.2, 0) is 12.8 Å². The molecule has 2 rings (SSSR count). The van der Waals surface area contributed by atoms with Gasteiger partial charge in [0.05, 0.1) is 5.56 Å². The van der Waals surface area contributed by atoms with Gasteiger partial charge in [0.15, 0.2) is 0 Å². The van der Waals surface area contributed by atoms with Crippen LogP contribution < -0.4 is 0 Å². The van der Waals surface area contributed by atoms with Gasteiger partial charge in [0, 0.05) is 0 Å². The summed E-state index contributed by atoms with van der Waals surface area (Å²) in [6.45, 7) is 0. The molecule has 0 bridgehead atoms. The molecule has 19 heavy (non-hydrogen) atoms. The van der Waals surface area contributed by atoms with Crippen LogP contribution in [-0.4, -0.2) is 11.1 Å². The van der Waals surface area contributed by atoms with Gasteiger partial charge in [-0.2, -0.15) is 0 Å². The minimum absolute atomic E-state index is 0.433. The molecule has 0 fully saturated rings. The van der Waals surface area contributed by atoms with Gasteiger partial charge < -0.3 is 5.11 Å². The Morgan fingerprint density at radius 3 is 2.21 bits per heavy atom. The van der Waals surface area contributed by atoms with E-state index in [1.807, 2.05) is 18.2 Å². The predicted octanol–water partition coefficient (Wildman–Crippen LogP) is 3.95. The van der Waals surface area contributed by atoms with E-state index in [0.29, 0.717) is 5.56 Å². The summed E-state index contributed by atoms with van der Waals surface area (Å²) in [6, 6.07) is 17.6. The fraction of sp³-hybridized carbons (Fsp3) is 0.235. The van der Waals surface area contributed by atoms with E-state index in [4.69, 9.17) is 5.11 Å². The Morgan fingerprint density at radius 1 is 0.842 bits per heavy atom. The van der Waals surface area contributed by atoms with Gasteiger partial charge in [-0.1, -0.05) is 48.5 Å². The molecule has 0 aliphatic carbocycles. The predicted molar refractivity (Wildman–Crippen MR) is 76.5 cm³/mol. The molecule has 0 heterocycles. The Morgan fingerprint density at radius 2 is 1.47 bits per heavy atom. The smallest absolute Gasteiger partial charge is 0.335 e. The number of aryl methyl sites for hydroxylation is 2. The maximum absolute atomic E-state index is 11.1. The van der Waals surface area contributed by atoms with Crippen molar-refractivity contribution in [2.75, 3.05) is 0 Å². The van der Waals surface area contributed by atoms with Crippen LogP contribution in [0.2, 0.25) is 0 Å². The molecular formula is C17H18O2. The molecule has 1 N–H and O–H groups in total. The topological polar surface area (TPSA) is 37.3 Å². The first-order valence-corrected chi connectivity index (χ1v) is 6.62. The first kappa shape index (κ1) is 13.3. The summed E-state index contributed by atoms with van der Waals surface area (Å²) in [7, 11) is 0. The van der Waals surface area contributed by atoms with Crippen molar-refractivity contribution in [3.8, 4) is 0 Å². The van der Waals surface area contributed by atoms with Crippen LogP contribution in [0.4, 0.5) is 0 Å². The maximum Gasteiger partial charge on any atom is 0.335 e. The van der Waals surface area contributed by atoms with Crippen LogP contribution in [0.5, 0.6) is 0 Å². The highest BCUT2D eigenvalue weighted by Gasteiger charge is 2.07. The third-order valence-electron chi connectivity index (χ3n) is 3.25. The summed E-state index contributed by atoms with van der Waals surface area (Å²) in [6.07, 6.45) is 3.97. The number of hydrogen-bond donors (Lipinski definition) is 1. The number of unbranched alkanes of at least 4 members (excludes halogenated alkanes) is 1. The summed E-state index contributed by atoms with van der Waals surface area (Å²) in [5.74, 6) is -0.835. The molecule has 0 aliphatic heterocycles. The molecule has 2 heteroatoms. The number of benzene rings is 2. The molecule has 0 spiro atoms. The normalized spacial score (nSPS) is 10.3. The third kappa shape index (κ3) is 3.95. The first-order chi connectivity index (χ1) is 9.27. The lowest BCUT2D eigenvalue weighted by Crippen LogP contribution is -2.02. The van der Waals surface area contributed by atoms with Crippen molar-refractivity contribution < 1.29 is 9.90 Å². The van der Waals surface area contributed by atoms with E-state index in [1.54, 1.807) is 12.1 Å². The molecule has 0 saturated heterocycles. The molecule has 0 aliphatic rings. The minimum atomic E-state index is -0.835. The van der Waals surface area contributed by atoms with Crippen molar-refractivity contribution in [1.82, 2.24) is 0 Å². The van der Waals surface area contributed by atoms with Gasteiger partial charge in [-0.05, 0) is 42.9 Å². The van der Waals surface area contributed by atoms with E-state index in [1.165, 1.54) is 5.56 Å². The minimum Gasteiger partial charge on any atom is -0.478 e. The van der Waals surface area contributed by atoms with E-state index in [0.717, 1.165) is 31.2 Å². The van der Waals surface area contributed by atoms with Crippen molar-refractivity contribution in [1.29, 1.82) is 0 Å². The summed E-state index contributed by atoms with van der Waals surface area (Å²) >= 11 is 0.